The molecule has 0 aliphatic heterocycles. The molecule has 2 heterocycles. The topological polar surface area (TPSA) is 99.9 Å². The number of pyridine rings is 1. The fraction of sp³-hybridized carbons (Fsp3) is 0.381. The van der Waals surface area contributed by atoms with E-state index in [0.717, 1.165) is 37.4 Å². The molecular weight excluding hydrogens is 624 g/mol. The molecule has 3 aromatic carbocycles. The van der Waals surface area contributed by atoms with Crippen molar-refractivity contribution in [2.24, 2.45) is 5.92 Å². The van der Waals surface area contributed by atoms with Gasteiger partial charge in [-0.1, -0.05) is 47.1 Å². The number of ether oxygens (including phenoxy) is 1. The predicted molar refractivity (Wildman–Crippen MR) is 206 cm³/mol. The van der Waals surface area contributed by atoms with Gasteiger partial charge in [0.25, 0.3) is 5.91 Å². The van der Waals surface area contributed by atoms with E-state index in [2.05, 4.69) is 66.5 Å². The van der Waals surface area contributed by atoms with Gasteiger partial charge in [-0.3, -0.25) is 9.78 Å². The van der Waals surface area contributed by atoms with E-state index in [1.807, 2.05) is 26.0 Å². The van der Waals surface area contributed by atoms with Gasteiger partial charge in [0.15, 0.2) is 0 Å². The third-order valence-corrected chi connectivity index (χ3v) is 9.30. The Bertz CT molecular complexity index is 1830. The summed E-state index contributed by atoms with van der Waals surface area (Å²) in [6.07, 6.45) is 7.93. The van der Waals surface area contributed by atoms with Crippen molar-refractivity contribution in [1.82, 2.24) is 14.5 Å². The Morgan fingerprint density at radius 2 is 1.62 bits per heavy atom. The molecule has 5 rings (SSSR count). The molecule has 0 radical (unpaired) electrons. The zero-order valence-electron chi connectivity index (χ0n) is 30.8. The number of hydrogen-bond acceptors (Lipinski definition) is 6. The van der Waals surface area contributed by atoms with E-state index >= 15 is 0 Å². The number of aryl methyl sites for hydroxylation is 2. The Morgan fingerprint density at radius 3 is 2.30 bits per heavy atom. The molecule has 0 bridgehead atoms. The quantitative estimate of drug-likeness (QED) is 0.102. The molecule has 0 aliphatic carbocycles. The van der Waals surface area contributed by atoms with E-state index in [9.17, 15) is 15.0 Å². The second-order valence-corrected chi connectivity index (χ2v) is 12.7. The molecular formula is C42H54N4O4. The molecule has 0 aliphatic rings. The molecule has 0 spiro atoms. The minimum atomic E-state index is -0.396. The summed E-state index contributed by atoms with van der Waals surface area (Å²) in [5, 5.41) is 25.1. The number of aromatic hydroxyl groups is 2. The van der Waals surface area contributed by atoms with E-state index in [1.54, 1.807) is 42.7 Å². The predicted octanol–water partition coefficient (Wildman–Crippen LogP) is 10.3. The number of aromatic nitrogens is 2. The highest BCUT2D eigenvalue weighted by atomic mass is 16.5. The van der Waals surface area contributed by atoms with Crippen LogP contribution in [-0.4, -0.2) is 50.2 Å². The van der Waals surface area contributed by atoms with Gasteiger partial charge in [0, 0.05) is 58.9 Å². The van der Waals surface area contributed by atoms with E-state index < -0.39 is 5.91 Å². The minimum Gasteiger partial charge on any atom is -0.507 e. The standard InChI is InChI=1S/C40H48N4O4.C2H6/c1-6-19-43(22-16-27(3)7-2)20-9-21-44-29(5)28(4)35-26-34(12-13-36(35)44)48-33-11-8-10-31(23-33)40(47)42-32-24-37(45)39(38(46)25-32)30-14-17-41-18-15-30;1-2/h8,10-15,17-18,23-27,45-46H,6-7,9,16,19-22H2,1-5H3,(H,42,47);1-2H3. The van der Waals surface area contributed by atoms with Crippen molar-refractivity contribution in [3.05, 3.63) is 95.9 Å². The van der Waals surface area contributed by atoms with Crippen LogP contribution >= 0.6 is 0 Å². The molecule has 1 amide bonds. The third-order valence-electron chi connectivity index (χ3n) is 9.30. The number of anilines is 1. The maximum atomic E-state index is 13.2. The maximum Gasteiger partial charge on any atom is 0.255 e. The Balaban J connectivity index is 0.00000276. The Morgan fingerprint density at radius 1 is 0.920 bits per heavy atom. The summed E-state index contributed by atoms with van der Waals surface area (Å²) in [4.78, 5) is 19.7. The number of nitrogens with zero attached hydrogens (tertiary/aromatic N) is 3. The van der Waals surface area contributed by atoms with Crippen molar-refractivity contribution in [3.63, 3.8) is 0 Å². The first-order valence-corrected chi connectivity index (χ1v) is 18.1. The summed E-state index contributed by atoms with van der Waals surface area (Å²) in [6, 6.07) is 19.3. The number of carbonyl (C=O) groups is 1. The van der Waals surface area contributed by atoms with Crippen LogP contribution in [0.3, 0.4) is 0 Å². The van der Waals surface area contributed by atoms with Gasteiger partial charge in [0.2, 0.25) is 0 Å². The largest absolute Gasteiger partial charge is 0.507 e. The van der Waals surface area contributed by atoms with Gasteiger partial charge in [0.05, 0.1) is 5.56 Å². The van der Waals surface area contributed by atoms with E-state index in [1.165, 1.54) is 54.7 Å². The van der Waals surface area contributed by atoms with Crippen LogP contribution in [0.5, 0.6) is 23.0 Å². The highest BCUT2D eigenvalue weighted by Gasteiger charge is 2.16. The number of hydrogen-bond donors (Lipinski definition) is 3. The lowest BCUT2D eigenvalue weighted by Crippen LogP contribution is -2.28. The molecule has 0 saturated carbocycles. The number of rotatable bonds is 15. The monoisotopic (exact) mass is 678 g/mol. The van der Waals surface area contributed by atoms with Crippen LogP contribution in [0.4, 0.5) is 5.69 Å². The summed E-state index contributed by atoms with van der Waals surface area (Å²) in [5.41, 5.74) is 5.25. The summed E-state index contributed by atoms with van der Waals surface area (Å²) >= 11 is 0. The molecule has 8 nitrogen and oxygen atoms in total. The van der Waals surface area contributed by atoms with Crippen molar-refractivity contribution in [2.45, 2.75) is 80.7 Å². The molecule has 3 N–H and O–H groups in total. The van der Waals surface area contributed by atoms with E-state index in [4.69, 9.17) is 4.74 Å². The first-order chi connectivity index (χ1) is 24.2. The van der Waals surface area contributed by atoms with Gasteiger partial charge in [-0.25, -0.2) is 0 Å². The molecule has 5 aromatic rings. The highest BCUT2D eigenvalue weighted by molar-refractivity contribution is 6.05. The van der Waals surface area contributed by atoms with Crippen molar-refractivity contribution >= 4 is 22.5 Å². The van der Waals surface area contributed by atoms with Gasteiger partial charge >= 0.3 is 0 Å². The summed E-state index contributed by atoms with van der Waals surface area (Å²) < 4.78 is 8.68. The number of phenols is 2. The number of phenolic OH excluding ortho intramolecular Hbond substituents is 2. The van der Waals surface area contributed by atoms with Crippen molar-refractivity contribution < 1.29 is 19.7 Å². The second-order valence-electron chi connectivity index (χ2n) is 12.7. The fourth-order valence-corrected chi connectivity index (χ4v) is 6.23. The minimum absolute atomic E-state index is 0.154. The van der Waals surface area contributed by atoms with Crippen LogP contribution in [0, 0.1) is 19.8 Å². The van der Waals surface area contributed by atoms with Crippen LogP contribution in [0.15, 0.2) is 79.1 Å². The van der Waals surface area contributed by atoms with Gasteiger partial charge in [-0.15, -0.1) is 0 Å². The lowest BCUT2D eigenvalue weighted by molar-refractivity contribution is 0.102. The van der Waals surface area contributed by atoms with E-state index in [0.29, 0.717) is 22.6 Å². The number of amides is 1. The van der Waals surface area contributed by atoms with Gasteiger partial charge < -0.3 is 29.7 Å². The molecule has 0 fully saturated rings. The van der Waals surface area contributed by atoms with Crippen molar-refractivity contribution in [3.8, 4) is 34.1 Å². The van der Waals surface area contributed by atoms with Gasteiger partial charge in [-0.05, 0) is 118 Å². The Labute approximate surface area is 297 Å². The van der Waals surface area contributed by atoms with Crippen LogP contribution in [-0.2, 0) is 6.54 Å². The second kappa shape index (κ2) is 18.3. The Hall–Kier alpha value is -4.82. The average molecular weight is 679 g/mol. The number of fused-ring (bicyclic) bond motifs is 1. The molecule has 1 unspecified atom stereocenters. The number of nitrogens with one attached hydrogen (secondary N) is 1. The molecule has 50 heavy (non-hydrogen) atoms. The maximum absolute atomic E-state index is 13.2. The lowest BCUT2D eigenvalue weighted by atomic mass is 10.0. The van der Waals surface area contributed by atoms with Crippen molar-refractivity contribution in [1.29, 1.82) is 0 Å². The van der Waals surface area contributed by atoms with Crippen LogP contribution in [0.1, 0.15) is 81.9 Å². The summed E-state index contributed by atoms with van der Waals surface area (Å²) in [5.74, 6) is 1.29. The van der Waals surface area contributed by atoms with Gasteiger partial charge in [0.1, 0.15) is 23.0 Å². The molecule has 266 valence electrons. The molecule has 0 saturated heterocycles. The smallest absolute Gasteiger partial charge is 0.255 e. The van der Waals surface area contributed by atoms with E-state index in [-0.39, 0.29) is 22.7 Å². The molecule has 8 heteroatoms. The summed E-state index contributed by atoms with van der Waals surface area (Å²) in [6.45, 7) is 19.6. The molecule has 2 aromatic heterocycles. The first-order valence-electron chi connectivity index (χ1n) is 18.1. The lowest BCUT2D eigenvalue weighted by Gasteiger charge is -2.23. The van der Waals surface area contributed by atoms with Crippen LogP contribution in [0.2, 0.25) is 0 Å². The SMILES string of the molecule is CC.CCCN(CCCn1c(C)c(C)c2cc(Oc3cccc(C(=O)Nc4cc(O)c(-c5ccncc5)c(O)c4)c3)ccc21)CCC(C)CC. The van der Waals surface area contributed by atoms with Crippen molar-refractivity contribution in [2.75, 3.05) is 25.0 Å². The zero-order chi connectivity index (χ0) is 36.2. The average Bonchev–Trinajstić information content (AvgIpc) is 3.35. The van der Waals surface area contributed by atoms with Crippen LogP contribution in [0.25, 0.3) is 22.0 Å². The van der Waals surface area contributed by atoms with Crippen LogP contribution < -0.4 is 10.1 Å². The highest BCUT2D eigenvalue weighted by Crippen LogP contribution is 2.39. The molecule has 1 atom stereocenters. The third kappa shape index (κ3) is 9.45. The summed E-state index contributed by atoms with van der Waals surface area (Å²) in [7, 11) is 0. The number of benzene rings is 3. The number of carbonyl (C=O) groups excluding carboxylic acids is 1. The Kier molecular flexibility index (Phi) is 13.9. The normalized spacial score (nSPS) is 11.7. The first kappa shape index (κ1) is 38.0. The fourth-order valence-electron chi connectivity index (χ4n) is 6.23. The zero-order valence-corrected chi connectivity index (χ0v) is 30.8. The van der Waals surface area contributed by atoms with Gasteiger partial charge in [-0.2, -0.15) is 0 Å².